The largest absolute Gasteiger partial charge is 1.00 e. The van der Waals surface area contributed by atoms with Gasteiger partial charge in [-0.15, -0.1) is 0 Å². The minimum Gasteiger partial charge on any atom is -1.00 e. The number of ether oxygens (including phenoxy) is 1. The van der Waals surface area contributed by atoms with Gasteiger partial charge in [-0.05, 0) is 6.92 Å². The SMILES string of the molecule is CCOC(=O)/C=C/C(=O)O.[H-].[Li+]. The zero-order valence-electron chi connectivity index (χ0n) is 7.53. The number of carboxylic acids is 1. The first kappa shape index (κ1) is 12.9. The number of carbonyl (C=O) groups is 2. The van der Waals surface area contributed by atoms with Crippen molar-refractivity contribution in [1.29, 1.82) is 0 Å². The van der Waals surface area contributed by atoms with E-state index < -0.39 is 11.9 Å². The minimum absolute atomic E-state index is 0. The Bertz CT molecular complexity index is 169. The molecule has 0 aromatic carbocycles. The zero-order chi connectivity index (χ0) is 7.98. The van der Waals surface area contributed by atoms with E-state index in [0.29, 0.717) is 0 Å². The molecular weight excluding hydrogens is 143 g/mol. The fourth-order valence-corrected chi connectivity index (χ4v) is 0.330. The van der Waals surface area contributed by atoms with Crippen LogP contribution in [0.2, 0.25) is 0 Å². The number of hydrogen-bond donors (Lipinski definition) is 1. The van der Waals surface area contributed by atoms with Gasteiger partial charge in [0.1, 0.15) is 0 Å². The van der Waals surface area contributed by atoms with Crippen molar-refractivity contribution < 1.29 is 39.7 Å². The van der Waals surface area contributed by atoms with Crippen LogP contribution >= 0.6 is 0 Å². The monoisotopic (exact) mass is 152 g/mol. The fraction of sp³-hybridized carbons (Fsp3) is 0.333. The molecule has 0 radical (unpaired) electrons. The summed E-state index contributed by atoms with van der Waals surface area (Å²) in [4.78, 5) is 20.2. The van der Waals surface area contributed by atoms with Crippen molar-refractivity contribution in [3.05, 3.63) is 12.2 Å². The van der Waals surface area contributed by atoms with Crippen LogP contribution in [0, 0.1) is 0 Å². The summed E-state index contributed by atoms with van der Waals surface area (Å²) >= 11 is 0. The standard InChI is InChI=1S/C6H8O4.Li.H/c1-2-10-6(9)4-3-5(7)8;;/h3-4H,2H2,1H3,(H,7,8);;/q;+1;-1/b4-3+;;. The average Bonchev–Trinajstić information content (AvgIpc) is 1.85. The van der Waals surface area contributed by atoms with Gasteiger partial charge in [-0.25, -0.2) is 9.59 Å². The van der Waals surface area contributed by atoms with Crippen LogP contribution in [0.5, 0.6) is 0 Å². The van der Waals surface area contributed by atoms with Crippen LogP contribution in [0.4, 0.5) is 0 Å². The Morgan fingerprint density at radius 3 is 2.45 bits per heavy atom. The molecule has 0 aliphatic carbocycles. The van der Waals surface area contributed by atoms with Gasteiger partial charge in [0.25, 0.3) is 0 Å². The van der Waals surface area contributed by atoms with Crippen LogP contribution in [0.25, 0.3) is 0 Å². The summed E-state index contributed by atoms with van der Waals surface area (Å²) in [6.07, 6.45) is 1.60. The maximum absolute atomic E-state index is 10.4. The van der Waals surface area contributed by atoms with Gasteiger partial charge in [-0.1, -0.05) is 0 Å². The molecular formula is C6H9LiO4. The first-order valence-electron chi connectivity index (χ1n) is 2.74. The van der Waals surface area contributed by atoms with Gasteiger partial charge in [0.15, 0.2) is 0 Å². The van der Waals surface area contributed by atoms with Crippen LogP contribution in [-0.2, 0) is 14.3 Å². The van der Waals surface area contributed by atoms with E-state index in [4.69, 9.17) is 5.11 Å². The molecule has 0 atom stereocenters. The topological polar surface area (TPSA) is 63.6 Å². The fourth-order valence-electron chi connectivity index (χ4n) is 0.330. The Labute approximate surface area is 77.9 Å². The number of carbonyl (C=O) groups excluding carboxylic acids is 1. The first-order chi connectivity index (χ1) is 4.66. The van der Waals surface area contributed by atoms with Gasteiger partial charge in [-0.2, -0.15) is 0 Å². The summed E-state index contributed by atoms with van der Waals surface area (Å²) in [5.41, 5.74) is 0. The van der Waals surface area contributed by atoms with E-state index in [-0.39, 0.29) is 26.9 Å². The van der Waals surface area contributed by atoms with Crippen molar-refractivity contribution in [2.45, 2.75) is 6.92 Å². The Balaban J connectivity index is -0.000000405. The average molecular weight is 152 g/mol. The van der Waals surface area contributed by atoms with Gasteiger partial charge in [-0.3, -0.25) is 0 Å². The second-order valence-corrected chi connectivity index (χ2v) is 1.42. The van der Waals surface area contributed by atoms with Crippen molar-refractivity contribution in [2.75, 3.05) is 6.61 Å². The summed E-state index contributed by atoms with van der Waals surface area (Å²) in [5, 5.41) is 8.04. The molecule has 0 spiro atoms. The van der Waals surface area contributed by atoms with Gasteiger partial charge in [0, 0.05) is 12.2 Å². The summed E-state index contributed by atoms with van der Waals surface area (Å²) in [6.45, 7) is 1.90. The summed E-state index contributed by atoms with van der Waals surface area (Å²) < 4.78 is 4.40. The Kier molecular flexibility index (Phi) is 8.67. The molecule has 11 heavy (non-hydrogen) atoms. The van der Waals surface area contributed by atoms with Gasteiger partial charge in [0.05, 0.1) is 6.61 Å². The van der Waals surface area contributed by atoms with Crippen molar-refractivity contribution >= 4 is 11.9 Å². The van der Waals surface area contributed by atoms with Crippen molar-refractivity contribution in [3.8, 4) is 0 Å². The van der Waals surface area contributed by atoms with Crippen molar-refractivity contribution in [2.24, 2.45) is 0 Å². The molecule has 0 unspecified atom stereocenters. The molecule has 58 valence electrons. The maximum Gasteiger partial charge on any atom is 1.00 e. The molecule has 0 aliphatic heterocycles. The minimum atomic E-state index is -1.16. The second kappa shape index (κ2) is 7.39. The third-order valence-electron chi connectivity index (χ3n) is 0.649. The molecule has 0 saturated heterocycles. The molecule has 0 aromatic heterocycles. The van der Waals surface area contributed by atoms with Gasteiger partial charge < -0.3 is 11.3 Å². The van der Waals surface area contributed by atoms with E-state index in [9.17, 15) is 9.59 Å². The molecule has 0 fully saturated rings. The van der Waals surface area contributed by atoms with E-state index in [1.54, 1.807) is 6.92 Å². The Morgan fingerprint density at radius 1 is 1.55 bits per heavy atom. The normalized spacial score (nSPS) is 8.82. The van der Waals surface area contributed by atoms with E-state index >= 15 is 0 Å². The van der Waals surface area contributed by atoms with Crippen LogP contribution < -0.4 is 18.9 Å². The van der Waals surface area contributed by atoms with Crippen LogP contribution in [0.15, 0.2) is 12.2 Å². The first-order valence-corrected chi connectivity index (χ1v) is 2.74. The van der Waals surface area contributed by atoms with E-state index in [1.807, 2.05) is 0 Å². The van der Waals surface area contributed by atoms with Gasteiger partial charge >= 0.3 is 30.8 Å². The number of hydrogen-bond acceptors (Lipinski definition) is 3. The van der Waals surface area contributed by atoms with Crippen molar-refractivity contribution in [1.82, 2.24) is 0 Å². The number of esters is 1. The third kappa shape index (κ3) is 9.28. The summed E-state index contributed by atoms with van der Waals surface area (Å²) in [7, 11) is 0. The number of aliphatic carboxylic acids is 1. The zero-order valence-corrected chi connectivity index (χ0v) is 6.53. The quantitative estimate of drug-likeness (QED) is 0.271. The third-order valence-corrected chi connectivity index (χ3v) is 0.649. The summed E-state index contributed by atoms with van der Waals surface area (Å²) in [5.74, 6) is -1.79. The predicted molar refractivity (Wildman–Crippen MR) is 34.5 cm³/mol. The Hall–Kier alpha value is -0.723. The molecule has 0 aromatic rings. The summed E-state index contributed by atoms with van der Waals surface area (Å²) in [6, 6.07) is 0. The smallest absolute Gasteiger partial charge is 1.00 e. The molecule has 0 rings (SSSR count). The molecule has 0 amide bonds. The molecule has 0 heterocycles. The molecule has 4 nitrogen and oxygen atoms in total. The van der Waals surface area contributed by atoms with E-state index in [0.717, 1.165) is 12.2 Å². The molecule has 0 bridgehead atoms. The van der Waals surface area contributed by atoms with Crippen molar-refractivity contribution in [3.63, 3.8) is 0 Å². The number of carboxylic acid groups (broad SMARTS) is 1. The van der Waals surface area contributed by atoms with Gasteiger partial charge in [0.2, 0.25) is 0 Å². The van der Waals surface area contributed by atoms with E-state index in [2.05, 4.69) is 4.74 Å². The Morgan fingerprint density at radius 2 is 2.09 bits per heavy atom. The molecule has 1 N–H and O–H groups in total. The second-order valence-electron chi connectivity index (χ2n) is 1.42. The molecule has 0 aliphatic rings. The van der Waals surface area contributed by atoms with Crippen LogP contribution in [-0.4, -0.2) is 23.7 Å². The van der Waals surface area contributed by atoms with Crippen LogP contribution in [0.3, 0.4) is 0 Å². The molecule has 5 heteroatoms. The van der Waals surface area contributed by atoms with E-state index in [1.165, 1.54) is 0 Å². The molecule has 0 saturated carbocycles. The van der Waals surface area contributed by atoms with Crippen LogP contribution in [0.1, 0.15) is 8.35 Å². The maximum atomic E-state index is 10.4. The number of rotatable bonds is 3. The predicted octanol–water partition coefficient (Wildman–Crippen LogP) is -2.69.